The summed E-state index contributed by atoms with van der Waals surface area (Å²) in [5.74, 6) is 0.975. The predicted octanol–water partition coefficient (Wildman–Crippen LogP) is 2.86. The Morgan fingerprint density at radius 3 is 2.80 bits per heavy atom. The van der Waals surface area contributed by atoms with E-state index in [1.54, 1.807) is 12.1 Å². The Balaban J connectivity index is 2.01. The first-order valence-electron chi connectivity index (χ1n) is 8.78. The van der Waals surface area contributed by atoms with E-state index in [1.807, 2.05) is 12.1 Å². The molecule has 7 heteroatoms. The summed E-state index contributed by atoms with van der Waals surface area (Å²) >= 11 is 0. The van der Waals surface area contributed by atoms with Crippen molar-refractivity contribution in [3.63, 3.8) is 0 Å². The molecule has 2 rings (SSSR count). The standard InChI is InChI=1S/C18H28N2O4S/c1-14(2)10-12-24-16-8-6-7-15(13-16)19-18(21)17-9-4-5-11-20(17)25(3,22)23/h6-8,13-14,17H,4-5,9-12H2,1-3H3,(H,19,21). The van der Waals surface area contributed by atoms with Gasteiger partial charge in [-0.1, -0.05) is 26.3 Å². The van der Waals surface area contributed by atoms with Gasteiger partial charge in [0.1, 0.15) is 11.8 Å². The Labute approximate surface area is 150 Å². The van der Waals surface area contributed by atoms with Gasteiger partial charge in [-0.15, -0.1) is 0 Å². The fourth-order valence-corrected chi connectivity index (χ4v) is 3.99. The minimum atomic E-state index is -3.39. The van der Waals surface area contributed by atoms with Crippen LogP contribution < -0.4 is 10.1 Å². The van der Waals surface area contributed by atoms with Crippen LogP contribution in [0.4, 0.5) is 5.69 Å². The molecule has 1 unspecified atom stereocenters. The molecule has 1 aliphatic heterocycles. The van der Waals surface area contributed by atoms with Crippen molar-refractivity contribution < 1.29 is 17.9 Å². The highest BCUT2D eigenvalue weighted by Gasteiger charge is 2.34. The van der Waals surface area contributed by atoms with Crippen LogP contribution in [0.25, 0.3) is 0 Å². The van der Waals surface area contributed by atoms with Crippen LogP contribution in [0.1, 0.15) is 39.5 Å². The molecule has 1 heterocycles. The summed E-state index contributed by atoms with van der Waals surface area (Å²) in [6.45, 7) is 5.30. The van der Waals surface area contributed by atoms with Crippen LogP contribution in [0.15, 0.2) is 24.3 Å². The smallest absolute Gasteiger partial charge is 0.242 e. The first-order chi connectivity index (χ1) is 11.8. The first kappa shape index (κ1) is 19.7. The lowest BCUT2D eigenvalue weighted by Crippen LogP contribution is -2.49. The molecule has 0 radical (unpaired) electrons. The van der Waals surface area contributed by atoms with Crippen molar-refractivity contribution in [2.45, 2.75) is 45.6 Å². The highest BCUT2D eigenvalue weighted by atomic mass is 32.2. The Kier molecular flexibility index (Phi) is 6.84. The molecule has 0 spiro atoms. The number of rotatable bonds is 7. The van der Waals surface area contributed by atoms with Gasteiger partial charge in [-0.3, -0.25) is 4.79 Å². The third-order valence-corrected chi connectivity index (χ3v) is 5.54. The monoisotopic (exact) mass is 368 g/mol. The minimum Gasteiger partial charge on any atom is -0.494 e. The lowest BCUT2D eigenvalue weighted by atomic mass is 10.0. The van der Waals surface area contributed by atoms with E-state index in [-0.39, 0.29) is 5.91 Å². The maximum Gasteiger partial charge on any atom is 0.242 e. The Morgan fingerprint density at radius 1 is 1.36 bits per heavy atom. The lowest BCUT2D eigenvalue weighted by molar-refractivity contribution is -0.120. The topological polar surface area (TPSA) is 75.7 Å². The summed E-state index contributed by atoms with van der Waals surface area (Å²) in [7, 11) is -3.39. The van der Waals surface area contributed by atoms with E-state index in [9.17, 15) is 13.2 Å². The van der Waals surface area contributed by atoms with E-state index in [0.29, 0.717) is 36.9 Å². The van der Waals surface area contributed by atoms with Crippen LogP contribution in [0.5, 0.6) is 5.75 Å². The molecular weight excluding hydrogens is 340 g/mol. The third-order valence-electron chi connectivity index (χ3n) is 4.25. The first-order valence-corrected chi connectivity index (χ1v) is 10.6. The number of anilines is 1. The van der Waals surface area contributed by atoms with Gasteiger partial charge in [0, 0.05) is 18.3 Å². The highest BCUT2D eigenvalue weighted by molar-refractivity contribution is 7.88. The van der Waals surface area contributed by atoms with Gasteiger partial charge in [0.15, 0.2) is 0 Å². The molecule has 0 saturated carbocycles. The third kappa shape index (κ3) is 6.01. The maximum atomic E-state index is 12.6. The lowest BCUT2D eigenvalue weighted by Gasteiger charge is -2.32. The van der Waals surface area contributed by atoms with Gasteiger partial charge in [0.25, 0.3) is 0 Å². The van der Waals surface area contributed by atoms with Crippen LogP contribution in [0.3, 0.4) is 0 Å². The van der Waals surface area contributed by atoms with Gasteiger partial charge < -0.3 is 10.1 Å². The average molecular weight is 368 g/mol. The number of nitrogens with zero attached hydrogens (tertiary/aromatic N) is 1. The molecule has 1 aliphatic rings. The van der Waals surface area contributed by atoms with E-state index in [2.05, 4.69) is 19.2 Å². The van der Waals surface area contributed by atoms with Crippen molar-refractivity contribution in [2.75, 3.05) is 24.7 Å². The molecule has 1 N–H and O–H groups in total. The molecule has 0 aliphatic carbocycles. The van der Waals surface area contributed by atoms with Crippen molar-refractivity contribution in [1.82, 2.24) is 4.31 Å². The zero-order valence-corrected chi connectivity index (χ0v) is 16.0. The SMILES string of the molecule is CC(C)CCOc1cccc(NC(=O)C2CCCCN2S(C)(=O)=O)c1. The number of carbonyl (C=O) groups excluding carboxylic acids is 1. The number of hydrogen-bond donors (Lipinski definition) is 1. The molecule has 6 nitrogen and oxygen atoms in total. The number of nitrogens with one attached hydrogen (secondary N) is 1. The van der Waals surface area contributed by atoms with Crippen molar-refractivity contribution in [3.05, 3.63) is 24.3 Å². The predicted molar refractivity (Wildman–Crippen MR) is 99.2 cm³/mol. The summed E-state index contributed by atoms with van der Waals surface area (Å²) in [6.07, 6.45) is 4.30. The number of amides is 1. The van der Waals surface area contributed by atoms with Crippen molar-refractivity contribution in [2.24, 2.45) is 5.92 Å². The van der Waals surface area contributed by atoms with E-state index in [0.717, 1.165) is 25.5 Å². The van der Waals surface area contributed by atoms with Crippen LogP contribution in [-0.2, 0) is 14.8 Å². The summed E-state index contributed by atoms with van der Waals surface area (Å²) in [4.78, 5) is 12.6. The quantitative estimate of drug-likeness (QED) is 0.803. The van der Waals surface area contributed by atoms with Crippen LogP contribution in [-0.4, -0.2) is 44.1 Å². The molecule has 25 heavy (non-hydrogen) atoms. The minimum absolute atomic E-state index is 0.288. The number of sulfonamides is 1. The average Bonchev–Trinajstić information content (AvgIpc) is 2.54. The molecule has 1 aromatic rings. The molecule has 0 bridgehead atoms. The van der Waals surface area contributed by atoms with E-state index >= 15 is 0 Å². The molecule has 0 aromatic heterocycles. The zero-order valence-electron chi connectivity index (χ0n) is 15.2. The molecule has 1 fully saturated rings. The molecule has 1 atom stereocenters. The number of benzene rings is 1. The summed E-state index contributed by atoms with van der Waals surface area (Å²) in [5, 5.41) is 2.83. The fourth-order valence-electron chi connectivity index (χ4n) is 2.87. The second kappa shape index (κ2) is 8.67. The van der Waals surface area contributed by atoms with Crippen molar-refractivity contribution in [1.29, 1.82) is 0 Å². The normalized spacial score (nSPS) is 19.0. The van der Waals surface area contributed by atoms with E-state index in [4.69, 9.17) is 4.74 Å². The molecule has 1 aromatic carbocycles. The second-order valence-electron chi connectivity index (χ2n) is 6.93. The molecule has 1 amide bonds. The number of piperidine rings is 1. The van der Waals surface area contributed by atoms with Gasteiger partial charge in [-0.05, 0) is 37.3 Å². The highest BCUT2D eigenvalue weighted by Crippen LogP contribution is 2.23. The Hall–Kier alpha value is -1.60. The molecule has 1 saturated heterocycles. The largest absolute Gasteiger partial charge is 0.494 e. The maximum absolute atomic E-state index is 12.6. The van der Waals surface area contributed by atoms with Crippen molar-refractivity contribution in [3.8, 4) is 5.75 Å². The van der Waals surface area contributed by atoms with Crippen molar-refractivity contribution >= 4 is 21.6 Å². The van der Waals surface area contributed by atoms with Gasteiger partial charge in [0.05, 0.1) is 12.9 Å². The van der Waals surface area contributed by atoms with Gasteiger partial charge >= 0.3 is 0 Å². The summed E-state index contributed by atoms with van der Waals surface area (Å²) in [5.41, 5.74) is 0.617. The number of carbonyl (C=O) groups is 1. The van der Waals surface area contributed by atoms with Gasteiger partial charge in [-0.2, -0.15) is 4.31 Å². The summed E-state index contributed by atoms with van der Waals surface area (Å²) < 4.78 is 30.8. The Morgan fingerprint density at radius 2 is 2.12 bits per heavy atom. The molecule has 140 valence electrons. The van der Waals surface area contributed by atoms with Gasteiger partial charge in [-0.25, -0.2) is 8.42 Å². The van der Waals surface area contributed by atoms with E-state index in [1.165, 1.54) is 4.31 Å². The second-order valence-corrected chi connectivity index (χ2v) is 8.87. The molecular formula is C18H28N2O4S. The Bertz CT molecular complexity index is 688. The van der Waals surface area contributed by atoms with Crippen LogP contribution in [0, 0.1) is 5.92 Å². The number of hydrogen-bond acceptors (Lipinski definition) is 4. The van der Waals surface area contributed by atoms with Crippen LogP contribution in [0.2, 0.25) is 0 Å². The van der Waals surface area contributed by atoms with E-state index < -0.39 is 16.1 Å². The van der Waals surface area contributed by atoms with Gasteiger partial charge in [0.2, 0.25) is 15.9 Å². The number of ether oxygens (including phenoxy) is 1. The zero-order chi connectivity index (χ0) is 18.4. The van der Waals surface area contributed by atoms with Crippen LogP contribution >= 0.6 is 0 Å². The fraction of sp³-hybridized carbons (Fsp3) is 0.611. The summed E-state index contributed by atoms with van der Waals surface area (Å²) in [6, 6.07) is 6.57.